The van der Waals surface area contributed by atoms with Crippen LogP contribution in [0.3, 0.4) is 0 Å². The van der Waals surface area contributed by atoms with Crippen LogP contribution in [-0.2, 0) is 0 Å². The molecule has 0 bridgehead atoms. The molecule has 2 aliphatic rings. The van der Waals surface area contributed by atoms with Crippen LogP contribution in [0.2, 0.25) is 5.31 Å². The van der Waals surface area contributed by atoms with Gasteiger partial charge in [0.1, 0.15) is 0 Å². The predicted octanol–water partition coefficient (Wildman–Crippen LogP) is 5.13. The lowest BCUT2D eigenvalue weighted by molar-refractivity contribution is 0.123. The molecule has 0 aromatic rings. The molecule has 2 aliphatic carbocycles. The Morgan fingerprint density at radius 2 is 1.47 bits per heavy atom. The summed E-state index contributed by atoms with van der Waals surface area (Å²) in [5, 5.41) is 0.0819. The van der Waals surface area contributed by atoms with Gasteiger partial charge in [-0.25, -0.2) is 0 Å². The third-order valence-electron chi connectivity index (χ3n) is 5.63. The second-order valence-electron chi connectivity index (χ2n) is 7.54. The van der Waals surface area contributed by atoms with Gasteiger partial charge in [0.25, 0.3) is 0 Å². The minimum absolute atomic E-state index is 0.0819. The van der Waals surface area contributed by atoms with Gasteiger partial charge < -0.3 is 0 Å². The van der Waals surface area contributed by atoms with E-state index >= 15 is 0 Å². The summed E-state index contributed by atoms with van der Waals surface area (Å²) >= 11 is 0. The molecule has 0 heterocycles. The molecule has 1 heteroatoms. The second kappa shape index (κ2) is 4.98. The molecule has 17 heavy (non-hydrogen) atoms. The molecule has 2 radical (unpaired) electrons. The number of hydrogen-bond acceptors (Lipinski definition) is 0. The second-order valence-corrected chi connectivity index (χ2v) is 7.54. The molecule has 0 nitrogen and oxygen atoms in total. The molecule has 0 aliphatic heterocycles. The molecule has 0 spiro atoms. The number of fused-ring (bicyclic) bond motifs is 1. The summed E-state index contributed by atoms with van der Waals surface area (Å²) in [6.07, 6.45) is 12.6. The Kier molecular flexibility index (Phi) is 3.95. The highest BCUT2D eigenvalue weighted by Gasteiger charge is 2.46. The van der Waals surface area contributed by atoms with Gasteiger partial charge >= 0.3 is 0 Å². The smallest absolute Gasteiger partial charge is 0.0603 e. The van der Waals surface area contributed by atoms with Crippen LogP contribution >= 0.6 is 0 Å². The fourth-order valence-electron chi connectivity index (χ4n) is 4.35. The van der Waals surface area contributed by atoms with E-state index in [4.69, 9.17) is 7.85 Å². The van der Waals surface area contributed by atoms with Crippen LogP contribution in [0.4, 0.5) is 0 Å². The van der Waals surface area contributed by atoms with E-state index in [9.17, 15) is 0 Å². The first-order chi connectivity index (χ1) is 7.95. The van der Waals surface area contributed by atoms with E-state index in [-0.39, 0.29) is 10.7 Å². The van der Waals surface area contributed by atoms with Crippen LogP contribution in [0, 0.1) is 17.3 Å². The third-order valence-corrected chi connectivity index (χ3v) is 5.63. The van der Waals surface area contributed by atoms with Crippen molar-refractivity contribution in [3.63, 3.8) is 0 Å². The summed E-state index contributed by atoms with van der Waals surface area (Å²) in [5.74, 6) is 1.71. The zero-order valence-corrected chi connectivity index (χ0v) is 12.1. The highest BCUT2D eigenvalue weighted by Crippen LogP contribution is 2.60. The van der Waals surface area contributed by atoms with Crippen molar-refractivity contribution < 1.29 is 0 Å². The first-order valence-electron chi connectivity index (χ1n) is 7.74. The van der Waals surface area contributed by atoms with Crippen LogP contribution in [0.1, 0.15) is 78.6 Å². The van der Waals surface area contributed by atoms with E-state index in [2.05, 4.69) is 20.8 Å². The lowest BCUT2D eigenvalue weighted by Crippen LogP contribution is -2.38. The Bertz CT molecular complexity index is 251. The molecule has 3 atom stereocenters. The molecule has 3 unspecified atom stereocenters. The molecular formula is C16H29B. The lowest BCUT2D eigenvalue weighted by atomic mass is 9.45. The molecule has 0 N–H and O–H groups in total. The summed E-state index contributed by atoms with van der Waals surface area (Å²) in [7, 11) is 6.96. The quantitative estimate of drug-likeness (QED) is 0.508. The number of rotatable bonds is 0. The SMILES string of the molecule is [B]C1(C(C)(C)C)CCCCC2CCCCCC21. The molecular weight excluding hydrogens is 203 g/mol. The normalized spacial score (nSPS) is 40.2. The molecule has 0 amide bonds. The molecule has 2 saturated carbocycles. The fraction of sp³-hybridized carbons (Fsp3) is 1.00. The maximum atomic E-state index is 6.96. The van der Waals surface area contributed by atoms with Gasteiger partial charge in [-0.3, -0.25) is 0 Å². The third kappa shape index (κ3) is 2.58. The highest BCUT2D eigenvalue weighted by atomic mass is 14.5. The van der Waals surface area contributed by atoms with Gasteiger partial charge in [-0.2, -0.15) is 0 Å². The van der Waals surface area contributed by atoms with Crippen LogP contribution in [0.25, 0.3) is 0 Å². The van der Waals surface area contributed by atoms with Crippen molar-refractivity contribution in [2.24, 2.45) is 17.3 Å². The zero-order chi connectivity index (χ0) is 12.5. The highest BCUT2D eigenvalue weighted by molar-refractivity contribution is 6.16. The lowest BCUT2D eigenvalue weighted by Gasteiger charge is -2.50. The van der Waals surface area contributed by atoms with Crippen LogP contribution in [0.5, 0.6) is 0 Å². The Labute approximate surface area is 109 Å². The van der Waals surface area contributed by atoms with Crippen molar-refractivity contribution in [3.05, 3.63) is 0 Å². The van der Waals surface area contributed by atoms with E-state index in [0.29, 0.717) is 0 Å². The van der Waals surface area contributed by atoms with Gasteiger partial charge in [0, 0.05) is 0 Å². The standard InChI is InChI=1S/C16H29B/c1-15(2,3)16(17)12-8-7-10-13-9-5-4-6-11-14(13)16/h13-14H,4-12H2,1-3H3. The Morgan fingerprint density at radius 3 is 2.12 bits per heavy atom. The van der Waals surface area contributed by atoms with Crippen molar-refractivity contribution in [1.82, 2.24) is 0 Å². The van der Waals surface area contributed by atoms with Crippen LogP contribution < -0.4 is 0 Å². The van der Waals surface area contributed by atoms with Gasteiger partial charge in [0.2, 0.25) is 0 Å². The van der Waals surface area contributed by atoms with Crippen molar-refractivity contribution in [3.8, 4) is 0 Å². The van der Waals surface area contributed by atoms with Crippen LogP contribution in [0.15, 0.2) is 0 Å². The molecule has 2 rings (SSSR count). The minimum atomic E-state index is 0.0819. The maximum absolute atomic E-state index is 6.96. The fourth-order valence-corrected chi connectivity index (χ4v) is 4.35. The van der Waals surface area contributed by atoms with Gasteiger partial charge in [0.15, 0.2) is 0 Å². The Morgan fingerprint density at radius 1 is 0.882 bits per heavy atom. The monoisotopic (exact) mass is 232 g/mol. The summed E-state index contributed by atoms with van der Waals surface area (Å²) < 4.78 is 0. The first kappa shape index (κ1) is 13.5. The average molecular weight is 232 g/mol. The average Bonchev–Trinajstić information content (AvgIpc) is 2.54. The van der Waals surface area contributed by atoms with Crippen molar-refractivity contribution in [1.29, 1.82) is 0 Å². The van der Waals surface area contributed by atoms with E-state index < -0.39 is 0 Å². The molecule has 2 fully saturated rings. The van der Waals surface area contributed by atoms with Gasteiger partial charge in [-0.1, -0.05) is 83.9 Å². The van der Waals surface area contributed by atoms with Gasteiger partial charge in [0.05, 0.1) is 7.85 Å². The van der Waals surface area contributed by atoms with Crippen molar-refractivity contribution in [2.75, 3.05) is 0 Å². The van der Waals surface area contributed by atoms with Crippen molar-refractivity contribution >= 4 is 7.85 Å². The van der Waals surface area contributed by atoms with E-state index in [1.165, 1.54) is 57.8 Å². The summed E-state index contributed by atoms with van der Waals surface area (Å²) in [4.78, 5) is 0. The minimum Gasteiger partial charge on any atom is -0.0603 e. The molecule has 0 saturated heterocycles. The topological polar surface area (TPSA) is 0 Å². The first-order valence-corrected chi connectivity index (χ1v) is 7.74. The van der Waals surface area contributed by atoms with E-state index in [0.717, 1.165) is 11.8 Å². The largest absolute Gasteiger partial charge is 0.0757 e. The molecule has 0 aromatic carbocycles. The summed E-state index contributed by atoms with van der Waals surface area (Å²) in [6, 6.07) is 0. The molecule has 0 aromatic heterocycles. The summed E-state index contributed by atoms with van der Waals surface area (Å²) in [5.41, 5.74) is 0.255. The van der Waals surface area contributed by atoms with E-state index in [1.54, 1.807) is 0 Å². The number of hydrogen-bond donors (Lipinski definition) is 0. The maximum Gasteiger partial charge on any atom is 0.0757 e. The summed E-state index contributed by atoms with van der Waals surface area (Å²) in [6.45, 7) is 7.08. The van der Waals surface area contributed by atoms with Gasteiger partial charge in [-0.05, 0) is 17.3 Å². The van der Waals surface area contributed by atoms with Crippen LogP contribution in [-0.4, -0.2) is 7.85 Å². The predicted molar refractivity (Wildman–Crippen MR) is 76.4 cm³/mol. The Balaban J connectivity index is 2.28. The Hall–Kier alpha value is 0.0649. The van der Waals surface area contributed by atoms with Crippen molar-refractivity contribution in [2.45, 2.75) is 83.9 Å². The van der Waals surface area contributed by atoms with E-state index in [1.807, 2.05) is 0 Å². The zero-order valence-electron chi connectivity index (χ0n) is 12.1. The van der Waals surface area contributed by atoms with Gasteiger partial charge in [-0.15, -0.1) is 0 Å². The molecule has 96 valence electrons.